The Balaban J connectivity index is 2.06. The highest BCUT2D eigenvalue weighted by atomic mass is 127. The Morgan fingerprint density at radius 3 is 2.70 bits per heavy atom. The molecular weight excluding hydrogens is 369 g/mol. The van der Waals surface area contributed by atoms with Crippen LogP contribution in [0.5, 0.6) is 0 Å². The third-order valence-corrected chi connectivity index (χ3v) is 3.85. The fraction of sp³-hybridized carbons (Fsp3) is 0.571. The van der Waals surface area contributed by atoms with Gasteiger partial charge in [0, 0.05) is 32.6 Å². The lowest BCUT2D eigenvalue weighted by atomic mass is 10.1. The standard InChI is InChI=1S/C14H20IN3O2/c1-14(2,20)10-17-6-5-13(19)18(8-7-17)11-3-4-12(15)16-9-11/h3-4,9,20H,5-8,10H2,1-2H3. The molecule has 1 N–H and O–H groups in total. The van der Waals surface area contributed by atoms with Crippen LogP contribution in [0, 0.1) is 3.70 Å². The maximum atomic E-state index is 12.2. The first-order chi connectivity index (χ1) is 9.35. The molecule has 5 nitrogen and oxygen atoms in total. The number of rotatable bonds is 3. The minimum Gasteiger partial charge on any atom is -0.389 e. The molecule has 0 aromatic carbocycles. The predicted molar refractivity (Wildman–Crippen MR) is 86.7 cm³/mol. The van der Waals surface area contributed by atoms with Crippen LogP contribution in [0.1, 0.15) is 20.3 Å². The maximum absolute atomic E-state index is 12.2. The normalized spacial score (nSPS) is 18.2. The van der Waals surface area contributed by atoms with Crippen molar-refractivity contribution in [3.8, 4) is 0 Å². The molecule has 0 unspecified atom stereocenters. The Hall–Kier alpha value is -0.730. The van der Waals surface area contributed by atoms with E-state index in [0.29, 0.717) is 26.1 Å². The molecule has 1 aromatic heterocycles. The van der Waals surface area contributed by atoms with Crippen molar-refractivity contribution in [3.05, 3.63) is 22.0 Å². The predicted octanol–water partition coefficient (Wildman–Crippen LogP) is 1.50. The molecule has 0 saturated carbocycles. The number of amides is 1. The van der Waals surface area contributed by atoms with Crippen LogP contribution in [0.25, 0.3) is 0 Å². The number of hydrogen-bond acceptors (Lipinski definition) is 4. The molecule has 6 heteroatoms. The van der Waals surface area contributed by atoms with Crippen LogP contribution >= 0.6 is 22.6 Å². The van der Waals surface area contributed by atoms with Crippen molar-refractivity contribution >= 4 is 34.2 Å². The molecule has 0 aliphatic carbocycles. The van der Waals surface area contributed by atoms with Crippen LogP contribution < -0.4 is 4.90 Å². The summed E-state index contributed by atoms with van der Waals surface area (Å²) in [6, 6.07) is 3.83. The van der Waals surface area contributed by atoms with Crippen LogP contribution in [0.2, 0.25) is 0 Å². The van der Waals surface area contributed by atoms with Crippen LogP contribution in [0.15, 0.2) is 18.3 Å². The number of β-amino-alcohol motifs (C(OH)–C–C–N with tert-alkyl or cyclic N) is 1. The SMILES string of the molecule is CC(C)(O)CN1CCC(=O)N(c2ccc(I)nc2)CC1. The number of pyridine rings is 1. The number of aliphatic hydroxyl groups is 1. The lowest BCUT2D eigenvalue weighted by molar-refractivity contribution is -0.118. The summed E-state index contributed by atoms with van der Waals surface area (Å²) >= 11 is 2.15. The van der Waals surface area contributed by atoms with Crippen LogP contribution in [0.4, 0.5) is 5.69 Å². The Morgan fingerprint density at radius 2 is 2.10 bits per heavy atom. The highest BCUT2D eigenvalue weighted by Gasteiger charge is 2.25. The van der Waals surface area contributed by atoms with E-state index in [1.807, 2.05) is 12.1 Å². The minimum absolute atomic E-state index is 0.117. The van der Waals surface area contributed by atoms with Crippen molar-refractivity contribution in [1.82, 2.24) is 9.88 Å². The molecule has 1 saturated heterocycles. The average Bonchev–Trinajstić information content (AvgIpc) is 2.52. The van der Waals surface area contributed by atoms with Gasteiger partial charge in [0.25, 0.3) is 0 Å². The van der Waals surface area contributed by atoms with Crippen molar-refractivity contribution in [1.29, 1.82) is 0 Å². The third-order valence-electron chi connectivity index (χ3n) is 3.22. The number of carbonyl (C=O) groups is 1. The van der Waals surface area contributed by atoms with E-state index < -0.39 is 5.60 Å². The van der Waals surface area contributed by atoms with Gasteiger partial charge in [-0.15, -0.1) is 0 Å². The molecule has 1 fully saturated rings. The minimum atomic E-state index is -0.733. The van der Waals surface area contributed by atoms with Gasteiger partial charge in [0.1, 0.15) is 3.70 Å². The van der Waals surface area contributed by atoms with Crippen molar-refractivity contribution in [2.75, 3.05) is 31.1 Å². The lowest BCUT2D eigenvalue weighted by Gasteiger charge is -2.27. The Kier molecular flexibility index (Phi) is 4.98. The second-order valence-corrected chi connectivity index (χ2v) is 6.83. The van der Waals surface area contributed by atoms with E-state index in [1.54, 1.807) is 24.9 Å². The summed E-state index contributed by atoms with van der Waals surface area (Å²) < 4.78 is 0.914. The Labute approximate surface area is 133 Å². The van der Waals surface area contributed by atoms with Gasteiger partial charge < -0.3 is 10.0 Å². The summed E-state index contributed by atoms with van der Waals surface area (Å²) in [6.07, 6.45) is 2.22. The molecule has 1 aliphatic heterocycles. The maximum Gasteiger partial charge on any atom is 0.228 e. The van der Waals surface area contributed by atoms with Crippen molar-refractivity contribution in [3.63, 3.8) is 0 Å². The summed E-state index contributed by atoms with van der Waals surface area (Å²) in [5.41, 5.74) is 0.114. The van der Waals surface area contributed by atoms with Crippen molar-refractivity contribution in [2.24, 2.45) is 0 Å². The number of nitrogens with zero attached hydrogens (tertiary/aromatic N) is 3. The molecule has 0 spiro atoms. The summed E-state index contributed by atoms with van der Waals surface area (Å²) in [6.45, 7) is 6.26. The van der Waals surface area contributed by atoms with E-state index >= 15 is 0 Å². The van der Waals surface area contributed by atoms with Crippen LogP contribution in [-0.4, -0.2) is 52.7 Å². The lowest BCUT2D eigenvalue weighted by Crippen LogP contribution is -2.40. The Bertz CT molecular complexity index is 470. The van der Waals surface area contributed by atoms with E-state index in [1.165, 1.54) is 0 Å². The van der Waals surface area contributed by atoms with Gasteiger partial charge in [-0.3, -0.25) is 9.69 Å². The summed E-state index contributed by atoms with van der Waals surface area (Å²) in [7, 11) is 0. The van der Waals surface area contributed by atoms with Gasteiger partial charge >= 0.3 is 0 Å². The smallest absolute Gasteiger partial charge is 0.228 e. The van der Waals surface area contributed by atoms with E-state index in [0.717, 1.165) is 15.9 Å². The second-order valence-electron chi connectivity index (χ2n) is 5.72. The molecular formula is C14H20IN3O2. The monoisotopic (exact) mass is 389 g/mol. The molecule has 1 amide bonds. The molecule has 110 valence electrons. The van der Waals surface area contributed by atoms with Gasteiger partial charge in [-0.05, 0) is 48.6 Å². The Morgan fingerprint density at radius 1 is 1.35 bits per heavy atom. The van der Waals surface area contributed by atoms with E-state index in [2.05, 4.69) is 32.5 Å². The summed E-state index contributed by atoms with van der Waals surface area (Å²) in [4.78, 5) is 20.4. The second kappa shape index (κ2) is 6.36. The quantitative estimate of drug-likeness (QED) is 0.629. The van der Waals surface area contributed by atoms with Gasteiger partial charge in [-0.1, -0.05) is 0 Å². The third kappa shape index (κ3) is 4.39. The van der Waals surface area contributed by atoms with Gasteiger partial charge in [-0.2, -0.15) is 0 Å². The largest absolute Gasteiger partial charge is 0.389 e. The molecule has 1 aliphatic rings. The molecule has 0 radical (unpaired) electrons. The number of carbonyl (C=O) groups excluding carboxylic acids is 1. The molecule has 2 heterocycles. The average molecular weight is 389 g/mol. The van der Waals surface area contributed by atoms with E-state index in [4.69, 9.17) is 0 Å². The molecule has 0 atom stereocenters. The summed E-state index contributed by atoms with van der Waals surface area (Å²) in [5.74, 6) is 0.117. The van der Waals surface area contributed by atoms with Crippen LogP contribution in [0.3, 0.4) is 0 Å². The first kappa shape index (κ1) is 15.7. The first-order valence-electron chi connectivity index (χ1n) is 6.72. The van der Waals surface area contributed by atoms with Gasteiger partial charge in [0.2, 0.25) is 5.91 Å². The fourth-order valence-corrected chi connectivity index (χ4v) is 2.69. The van der Waals surface area contributed by atoms with E-state index in [9.17, 15) is 9.90 Å². The van der Waals surface area contributed by atoms with Gasteiger partial charge in [0.05, 0.1) is 17.5 Å². The zero-order valence-electron chi connectivity index (χ0n) is 11.8. The van der Waals surface area contributed by atoms with Gasteiger partial charge in [-0.25, -0.2) is 4.98 Å². The molecule has 20 heavy (non-hydrogen) atoms. The zero-order chi connectivity index (χ0) is 14.8. The topological polar surface area (TPSA) is 56.7 Å². The first-order valence-corrected chi connectivity index (χ1v) is 7.80. The number of halogens is 1. The number of anilines is 1. The highest BCUT2D eigenvalue weighted by Crippen LogP contribution is 2.18. The zero-order valence-corrected chi connectivity index (χ0v) is 14.0. The molecule has 2 rings (SSSR count). The highest BCUT2D eigenvalue weighted by molar-refractivity contribution is 14.1. The van der Waals surface area contributed by atoms with Crippen molar-refractivity contribution in [2.45, 2.75) is 25.9 Å². The molecule has 1 aromatic rings. The number of hydrogen-bond donors (Lipinski definition) is 1. The van der Waals surface area contributed by atoms with Gasteiger partial charge in [0.15, 0.2) is 0 Å². The fourth-order valence-electron chi connectivity index (χ4n) is 2.37. The summed E-state index contributed by atoms with van der Waals surface area (Å²) in [5, 5.41) is 9.89. The van der Waals surface area contributed by atoms with E-state index in [-0.39, 0.29) is 5.91 Å². The number of aromatic nitrogens is 1. The van der Waals surface area contributed by atoms with Crippen LogP contribution in [-0.2, 0) is 4.79 Å². The van der Waals surface area contributed by atoms with Crippen molar-refractivity contribution < 1.29 is 9.90 Å². The molecule has 0 bridgehead atoms.